The fraction of sp³-hybridized carbons (Fsp3) is 0.387. The van der Waals surface area contributed by atoms with Crippen LogP contribution in [0, 0.1) is 13.8 Å². The summed E-state index contributed by atoms with van der Waals surface area (Å²) in [5.74, 6) is -0.635. The zero-order valence-electron chi connectivity index (χ0n) is 24.0. The molecule has 2 aromatic carbocycles. The van der Waals surface area contributed by atoms with Crippen LogP contribution in [0.25, 0.3) is 11.2 Å². The van der Waals surface area contributed by atoms with Crippen LogP contribution >= 0.6 is 0 Å². The molecule has 0 saturated carbocycles. The van der Waals surface area contributed by atoms with Crippen molar-refractivity contribution in [1.82, 2.24) is 19.5 Å². The van der Waals surface area contributed by atoms with Crippen molar-refractivity contribution < 1.29 is 28.5 Å². The molecule has 1 aliphatic heterocycles. The molecule has 1 aliphatic rings. The van der Waals surface area contributed by atoms with Crippen LogP contribution in [0.3, 0.4) is 0 Å². The summed E-state index contributed by atoms with van der Waals surface area (Å²) in [5.41, 5.74) is 9.69. The Labute approximate surface area is 244 Å². The van der Waals surface area contributed by atoms with Gasteiger partial charge in [-0.05, 0) is 44.5 Å². The van der Waals surface area contributed by atoms with Gasteiger partial charge in [0.25, 0.3) is 0 Å². The second-order valence-electron chi connectivity index (χ2n) is 10.4. The quantitative estimate of drug-likeness (QED) is 0.193. The molecule has 3 atom stereocenters. The first-order chi connectivity index (χ1) is 20.3. The van der Waals surface area contributed by atoms with E-state index in [0.717, 1.165) is 30.4 Å². The van der Waals surface area contributed by atoms with Crippen molar-refractivity contribution in [1.29, 1.82) is 0 Å². The van der Waals surface area contributed by atoms with Gasteiger partial charge >= 0.3 is 11.9 Å². The van der Waals surface area contributed by atoms with Crippen molar-refractivity contribution in [2.24, 2.45) is 0 Å². The van der Waals surface area contributed by atoms with E-state index in [9.17, 15) is 9.59 Å². The summed E-state index contributed by atoms with van der Waals surface area (Å²) in [6.07, 6.45) is 2.71. The van der Waals surface area contributed by atoms with Gasteiger partial charge in [0.1, 0.15) is 25.0 Å². The van der Waals surface area contributed by atoms with Crippen LogP contribution in [0.4, 0.5) is 5.95 Å². The number of anilines is 1. The first-order valence-corrected chi connectivity index (χ1v) is 14.1. The van der Waals surface area contributed by atoms with Crippen LogP contribution in [0.1, 0.15) is 70.7 Å². The number of imidazole rings is 1. The number of carbonyl (C=O) groups excluding carboxylic acids is 2. The SMILES string of the molecule is CCCCCOc1nc(N)nc2ncn([C@H]3C[C@H](OC(=O)c4ccc(C)cc4)[C@@H](COC(=O)c4ccc(C)cc4)O3)c12. The molecule has 0 aliphatic carbocycles. The summed E-state index contributed by atoms with van der Waals surface area (Å²) in [5, 5.41) is 0. The van der Waals surface area contributed by atoms with Gasteiger partial charge in [-0.25, -0.2) is 14.6 Å². The lowest BCUT2D eigenvalue weighted by molar-refractivity contribution is -0.0562. The monoisotopic (exact) mass is 573 g/mol. The third-order valence-corrected chi connectivity index (χ3v) is 7.10. The second-order valence-corrected chi connectivity index (χ2v) is 10.4. The number of hydrogen-bond donors (Lipinski definition) is 1. The maximum Gasteiger partial charge on any atom is 0.338 e. The average Bonchev–Trinajstić information content (AvgIpc) is 3.58. The average molecular weight is 574 g/mol. The number of fused-ring (bicyclic) bond motifs is 1. The predicted molar refractivity (Wildman–Crippen MR) is 155 cm³/mol. The highest BCUT2D eigenvalue weighted by Gasteiger charge is 2.41. The van der Waals surface area contributed by atoms with Crippen molar-refractivity contribution in [3.63, 3.8) is 0 Å². The van der Waals surface area contributed by atoms with E-state index < -0.39 is 30.4 Å². The highest BCUT2D eigenvalue weighted by molar-refractivity contribution is 5.90. The van der Waals surface area contributed by atoms with Gasteiger partial charge in [0.05, 0.1) is 24.1 Å². The lowest BCUT2D eigenvalue weighted by Gasteiger charge is -2.19. The number of benzene rings is 2. The number of hydrogen-bond acceptors (Lipinski definition) is 10. The minimum absolute atomic E-state index is 0.0522. The van der Waals surface area contributed by atoms with Gasteiger partial charge in [-0.2, -0.15) is 9.97 Å². The molecule has 5 rings (SSSR count). The molecular formula is C31H35N5O6. The lowest BCUT2D eigenvalue weighted by Crippen LogP contribution is -2.32. The number of aryl methyl sites for hydroxylation is 2. The van der Waals surface area contributed by atoms with Crippen molar-refractivity contribution in [2.45, 2.75) is 64.9 Å². The molecule has 1 fully saturated rings. The van der Waals surface area contributed by atoms with Crippen molar-refractivity contribution >= 4 is 29.1 Å². The van der Waals surface area contributed by atoms with E-state index >= 15 is 0 Å². The smallest absolute Gasteiger partial charge is 0.338 e. The summed E-state index contributed by atoms with van der Waals surface area (Å²) >= 11 is 0. The number of nitrogens with two attached hydrogens (primary N) is 1. The number of aromatic nitrogens is 4. The first kappa shape index (κ1) is 29.0. The van der Waals surface area contributed by atoms with E-state index in [4.69, 9.17) is 24.7 Å². The Morgan fingerprint density at radius 3 is 2.31 bits per heavy atom. The van der Waals surface area contributed by atoms with Gasteiger partial charge in [-0.3, -0.25) is 4.57 Å². The van der Waals surface area contributed by atoms with Crippen LogP contribution < -0.4 is 10.5 Å². The third-order valence-electron chi connectivity index (χ3n) is 7.10. The fourth-order valence-electron chi connectivity index (χ4n) is 4.74. The Morgan fingerprint density at radius 2 is 1.64 bits per heavy atom. The topological polar surface area (TPSA) is 141 Å². The Bertz CT molecular complexity index is 1540. The molecule has 3 heterocycles. The maximum absolute atomic E-state index is 13.1. The second kappa shape index (κ2) is 13.0. The van der Waals surface area contributed by atoms with Crippen LogP contribution in [0.5, 0.6) is 5.88 Å². The Morgan fingerprint density at radius 1 is 0.976 bits per heavy atom. The maximum atomic E-state index is 13.1. The molecule has 1 saturated heterocycles. The summed E-state index contributed by atoms with van der Waals surface area (Å²) in [6.45, 7) is 6.34. The fourth-order valence-corrected chi connectivity index (χ4v) is 4.74. The van der Waals surface area contributed by atoms with E-state index in [1.807, 2.05) is 38.1 Å². The van der Waals surface area contributed by atoms with E-state index in [0.29, 0.717) is 34.8 Å². The summed E-state index contributed by atoms with van der Waals surface area (Å²) in [6, 6.07) is 14.2. The minimum Gasteiger partial charge on any atom is -0.476 e. The number of nitrogens with zero attached hydrogens (tertiary/aromatic N) is 4. The molecule has 0 amide bonds. The molecule has 11 nitrogen and oxygen atoms in total. The predicted octanol–water partition coefficient (Wildman–Crippen LogP) is 4.96. The molecule has 220 valence electrons. The molecule has 0 spiro atoms. The number of nitrogen functional groups attached to an aromatic ring is 1. The Kier molecular flexibility index (Phi) is 8.97. The normalized spacial score (nSPS) is 18.2. The number of carbonyl (C=O) groups is 2. The number of esters is 2. The number of unbranched alkanes of at least 4 members (excludes halogenated alkanes) is 2. The Hall–Kier alpha value is -4.51. The van der Waals surface area contributed by atoms with Gasteiger partial charge in [0.2, 0.25) is 11.8 Å². The standard InChI is InChI=1S/C31H35N5O6/c1-4-5-6-15-39-28-26-27(34-31(32)35-28)33-18-36(26)25-16-23(42-30(38)22-13-9-20(3)10-14-22)24(41-25)17-40-29(37)21-11-7-19(2)8-12-21/h7-14,18,23-25H,4-6,15-17H2,1-3H3,(H2,32,34,35)/t23-,24+,25+/m0/s1. The zero-order chi connectivity index (χ0) is 29.6. The zero-order valence-corrected chi connectivity index (χ0v) is 24.0. The first-order valence-electron chi connectivity index (χ1n) is 14.1. The molecule has 42 heavy (non-hydrogen) atoms. The van der Waals surface area contributed by atoms with E-state index in [1.165, 1.54) is 0 Å². The number of ether oxygens (including phenoxy) is 4. The lowest BCUT2D eigenvalue weighted by atomic mass is 10.1. The summed E-state index contributed by atoms with van der Waals surface area (Å²) in [4.78, 5) is 38.8. The molecule has 0 unspecified atom stereocenters. The molecule has 11 heteroatoms. The number of rotatable bonds is 11. The summed E-state index contributed by atoms with van der Waals surface area (Å²) in [7, 11) is 0. The molecular weight excluding hydrogens is 538 g/mol. The van der Waals surface area contributed by atoms with Crippen LogP contribution in [-0.4, -0.2) is 56.9 Å². The highest BCUT2D eigenvalue weighted by atomic mass is 16.6. The van der Waals surface area contributed by atoms with Crippen molar-refractivity contribution in [3.8, 4) is 5.88 Å². The van der Waals surface area contributed by atoms with E-state index in [-0.39, 0.29) is 19.0 Å². The van der Waals surface area contributed by atoms with Gasteiger partial charge in [0.15, 0.2) is 11.2 Å². The Balaban J connectivity index is 1.38. The van der Waals surface area contributed by atoms with Crippen molar-refractivity contribution in [2.75, 3.05) is 18.9 Å². The van der Waals surface area contributed by atoms with Gasteiger partial charge in [-0.15, -0.1) is 0 Å². The minimum atomic E-state index is -0.736. The molecule has 0 radical (unpaired) electrons. The van der Waals surface area contributed by atoms with Crippen LogP contribution in [-0.2, 0) is 14.2 Å². The molecule has 0 bridgehead atoms. The molecule has 2 aromatic heterocycles. The molecule has 4 aromatic rings. The van der Waals surface area contributed by atoms with Crippen molar-refractivity contribution in [3.05, 3.63) is 77.1 Å². The van der Waals surface area contributed by atoms with Gasteiger partial charge in [-0.1, -0.05) is 55.2 Å². The van der Waals surface area contributed by atoms with Crippen LogP contribution in [0.2, 0.25) is 0 Å². The van der Waals surface area contributed by atoms with Crippen LogP contribution in [0.15, 0.2) is 54.9 Å². The largest absolute Gasteiger partial charge is 0.476 e. The molecule has 2 N–H and O–H groups in total. The third kappa shape index (κ3) is 6.68. The van der Waals surface area contributed by atoms with Gasteiger partial charge < -0.3 is 24.7 Å². The van der Waals surface area contributed by atoms with E-state index in [2.05, 4.69) is 21.9 Å². The van der Waals surface area contributed by atoms with E-state index in [1.54, 1.807) is 35.2 Å². The van der Waals surface area contributed by atoms with Gasteiger partial charge in [0, 0.05) is 6.42 Å². The summed E-state index contributed by atoms with van der Waals surface area (Å²) < 4.78 is 25.6. The highest BCUT2D eigenvalue weighted by Crippen LogP contribution is 2.36.